The van der Waals surface area contributed by atoms with Gasteiger partial charge in [-0.05, 0) is 117 Å². The van der Waals surface area contributed by atoms with E-state index in [1.165, 1.54) is 80.9 Å². The van der Waals surface area contributed by atoms with Crippen LogP contribution in [-0.2, 0) is 12.8 Å². The molecule has 0 bridgehead atoms. The molecule has 0 spiro atoms. The Morgan fingerprint density at radius 3 is 1.38 bits per heavy atom. The number of hydrogen-bond acceptors (Lipinski definition) is 0. The fourth-order valence-electron chi connectivity index (χ4n) is 6.33. The maximum atomic E-state index is 12.6. The van der Waals surface area contributed by atoms with Gasteiger partial charge in [-0.1, -0.05) is 68.3 Å². The van der Waals surface area contributed by atoms with Gasteiger partial charge in [-0.3, -0.25) is 4.39 Å². The van der Waals surface area contributed by atoms with Crippen molar-refractivity contribution in [1.29, 1.82) is 0 Å². The van der Waals surface area contributed by atoms with Crippen molar-refractivity contribution >= 4 is 0 Å². The van der Waals surface area contributed by atoms with E-state index < -0.39 is 0 Å². The van der Waals surface area contributed by atoms with Crippen LogP contribution in [0.1, 0.15) is 112 Å². The molecule has 174 valence electrons. The third-order valence-electron chi connectivity index (χ3n) is 8.51. The van der Waals surface area contributed by atoms with E-state index in [9.17, 15) is 4.39 Å². The summed E-state index contributed by atoms with van der Waals surface area (Å²) in [6, 6.07) is 18.9. The van der Waals surface area contributed by atoms with Crippen molar-refractivity contribution in [3.8, 4) is 0 Å². The molecule has 0 aromatic heterocycles. The summed E-state index contributed by atoms with van der Waals surface area (Å²) in [6.45, 7) is 2.18. The smallest absolute Gasteiger partial charge is 0.0897 e. The first-order valence-corrected chi connectivity index (χ1v) is 13.5. The average molecular weight is 435 g/mol. The van der Waals surface area contributed by atoms with E-state index in [0.717, 1.165) is 31.1 Å². The number of aryl methyl sites for hydroxylation is 2. The van der Waals surface area contributed by atoms with Crippen LogP contribution in [0.2, 0.25) is 0 Å². The van der Waals surface area contributed by atoms with Crippen LogP contribution in [0, 0.1) is 11.8 Å². The molecule has 0 unspecified atom stereocenters. The lowest BCUT2D eigenvalue weighted by molar-refractivity contribution is 0.283. The van der Waals surface area contributed by atoms with E-state index in [-0.39, 0.29) is 6.67 Å². The molecule has 2 aliphatic rings. The van der Waals surface area contributed by atoms with Gasteiger partial charge in [0.2, 0.25) is 0 Å². The molecule has 0 radical (unpaired) electrons. The zero-order chi connectivity index (χ0) is 22.2. The maximum absolute atomic E-state index is 12.6. The monoisotopic (exact) mass is 434 g/mol. The molecule has 32 heavy (non-hydrogen) atoms. The lowest BCUT2D eigenvalue weighted by Gasteiger charge is -2.28. The zero-order valence-corrected chi connectivity index (χ0v) is 20.2. The number of rotatable bonds is 9. The highest BCUT2D eigenvalue weighted by Crippen LogP contribution is 2.38. The van der Waals surface area contributed by atoms with Gasteiger partial charge in [-0.15, -0.1) is 0 Å². The molecule has 2 fully saturated rings. The number of benzene rings is 2. The first-order valence-electron chi connectivity index (χ1n) is 13.5. The van der Waals surface area contributed by atoms with Crippen molar-refractivity contribution in [2.75, 3.05) is 6.67 Å². The minimum Gasteiger partial charge on any atom is -0.251 e. The number of halogens is 1. The van der Waals surface area contributed by atoms with Crippen LogP contribution in [-0.4, -0.2) is 6.67 Å². The summed E-state index contributed by atoms with van der Waals surface area (Å²) in [5, 5.41) is 0. The Bertz CT molecular complexity index is 705. The molecule has 0 saturated heterocycles. The van der Waals surface area contributed by atoms with Crippen molar-refractivity contribution in [2.45, 2.75) is 102 Å². The van der Waals surface area contributed by atoms with Crippen molar-refractivity contribution in [2.24, 2.45) is 11.8 Å². The van der Waals surface area contributed by atoms with Gasteiger partial charge < -0.3 is 0 Å². The van der Waals surface area contributed by atoms with Crippen molar-refractivity contribution in [3.05, 3.63) is 70.8 Å². The summed E-state index contributed by atoms with van der Waals surface area (Å²) in [6.07, 6.45) is 16.3. The van der Waals surface area contributed by atoms with Gasteiger partial charge in [0, 0.05) is 0 Å². The Hall–Kier alpha value is -1.63. The minimum atomic E-state index is -0.146. The third-order valence-corrected chi connectivity index (χ3v) is 8.51. The molecule has 4 rings (SSSR count). The Balaban J connectivity index is 1.23. The Labute approximate surface area is 196 Å². The summed E-state index contributed by atoms with van der Waals surface area (Å²) in [5.41, 5.74) is 5.96. The quantitative estimate of drug-likeness (QED) is 0.369. The van der Waals surface area contributed by atoms with E-state index in [1.54, 1.807) is 5.56 Å². The molecule has 2 aromatic carbocycles. The van der Waals surface area contributed by atoms with E-state index in [2.05, 4.69) is 55.5 Å². The van der Waals surface area contributed by atoms with Gasteiger partial charge in [0.25, 0.3) is 0 Å². The van der Waals surface area contributed by atoms with Crippen LogP contribution in [0.4, 0.5) is 4.39 Å². The molecular formula is C31H43F. The molecular weight excluding hydrogens is 391 g/mol. The predicted molar refractivity (Wildman–Crippen MR) is 135 cm³/mol. The normalized spacial score (nSPS) is 26.2. The van der Waals surface area contributed by atoms with E-state index in [0.29, 0.717) is 11.8 Å². The van der Waals surface area contributed by atoms with Gasteiger partial charge in [0.1, 0.15) is 0 Å². The molecule has 2 aromatic rings. The van der Waals surface area contributed by atoms with E-state index >= 15 is 0 Å². The first kappa shape index (κ1) is 23.5. The zero-order valence-electron chi connectivity index (χ0n) is 20.2. The Kier molecular flexibility index (Phi) is 8.83. The van der Waals surface area contributed by atoms with Crippen LogP contribution in [0.5, 0.6) is 0 Å². The van der Waals surface area contributed by atoms with Gasteiger partial charge in [-0.25, -0.2) is 0 Å². The molecule has 0 atom stereocenters. The SMILES string of the molecule is CCCC1CCC(c2ccc(CCc3ccc(C4CCC(CCF)CC4)cc3)cc2)CC1. The fourth-order valence-corrected chi connectivity index (χ4v) is 6.33. The topological polar surface area (TPSA) is 0 Å². The van der Waals surface area contributed by atoms with Gasteiger partial charge in [-0.2, -0.15) is 0 Å². The first-order chi connectivity index (χ1) is 15.7. The molecule has 0 N–H and O–H groups in total. The predicted octanol–water partition coefficient (Wildman–Crippen LogP) is 9.18. The van der Waals surface area contributed by atoms with Crippen LogP contribution >= 0.6 is 0 Å². The van der Waals surface area contributed by atoms with E-state index in [4.69, 9.17) is 0 Å². The molecule has 1 heteroatoms. The average Bonchev–Trinajstić information content (AvgIpc) is 2.85. The number of hydrogen-bond donors (Lipinski definition) is 0. The third kappa shape index (κ3) is 6.46. The fraction of sp³-hybridized carbons (Fsp3) is 0.613. The number of alkyl halides is 1. The van der Waals surface area contributed by atoms with E-state index in [1.807, 2.05) is 0 Å². The largest absolute Gasteiger partial charge is 0.251 e. The van der Waals surface area contributed by atoms with Crippen molar-refractivity contribution in [1.82, 2.24) is 0 Å². The van der Waals surface area contributed by atoms with Crippen LogP contribution < -0.4 is 0 Å². The van der Waals surface area contributed by atoms with Gasteiger partial charge in [0.05, 0.1) is 6.67 Å². The highest BCUT2D eigenvalue weighted by atomic mass is 19.1. The maximum Gasteiger partial charge on any atom is 0.0897 e. The lowest BCUT2D eigenvalue weighted by atomic mass is 9.77. The highest BCUT2D eigenvalue weighted by molar-refractivity contribution is 5.29. The molecule has 2 saturated carbocycles. The second kappa shape index (κ2) is 12.0. The molecule has 0 nitrogen and oxygen atoms in total. The molecule has 0 aliphatic heterocycles. The summed E-state index contributed by atoms with van der Waals surface area (Å²) in [5.74, 6) is 3.08. The second-order valence-electron chi connectivity index (χ2n) is 10.7. The second-order valence-corrected chi connectivity index (χ2v) is 10.7. The summed E-state index contributed by atoms with van der Waals surface area (Å²) in [7, 11) is 0. The summed E-state index contributed by atoms with van der Waals surface area (Å²) in [4.78, 5) is 0. The highest BCUT2D eigenvalue weighted by Gasteiger charge is 2.23. The van der Waals surface area contributed by atoms with Crippen molar-refractivity contribution < 1.29 is 4.39 Å². The van der Waals surface area contributed by atoms with Gasteiger partial charge in [0.15, 0.2) is 0 Å². The summed E-state index contributed by atoms with van der Waals surface area (Å²) >= 11 is 0. The van der Waals surface area contributed by atoms with Crippen LogP contribution in [0.25, 0.3) is 0 Å². The molecule has 2 aliphatic carbocycles. The van der Waals surface area contributed by atoms with Crippen LogP contribution in [0.15, 0.2) is 48.5 Å². The molecule has 0 heterocycles. The summed E-state index contributed by atoms with van der Waals surface area (Å²) < 4.78 is 12.6. The van der Waals surface area contributed by atoms with Gasteiger partial charge >= 0.3 is 0 Å². The van der Waals surface area contributed by atoms with Crippen molar-refractivity contribution in [3.63, 3.8) is 0 Å². The van der Waals surface area contributed by atoms with Crippen LogP contribution in [0.3, 0.4) is 0 Å². The minimum absolute atomic E-state index is 0.146. The standard InChI is InChI=1S/C31H43F/c1-2-3-24-6-14-28(15-7-24)29-16-8-25(9-17-29)4-5-26-10-18-30(19-11-26)31-20-12-27(13-21-31)22-23-32/h8-11,16-19,24,27-28,31H,2-7,12-15,20-23H2,1H3. The Morgan fingerprint density at radius 1 is 0.594 bits per heavy atom. The lowest BCUT2D eigenvalue weighted by Crippen LogP contribution is -2.13. The molecule has 0 amide bonds. The Morgan fingerprint density at radius 2 is 1.00 bits per heavy atom.